The highest BCUT2D eigenvalue weighted by molar-refractivity contribution is 5.77. The Morgan fingerprint density at radius 3 is 2.74 bits per heavy atom. The number of amides is 1. The van der Waals surface area contributed by atoms with E-state index in [4.69, 9.17) is 0 Å². The minimum Gasteiger partial charge on any atom is -0.350 e. The SMILES string of the molecule is CNC1(CC(=O)NCc2ccccn2)CCCCC1. The lowest BCUT2D eigenvalue weighted by Crippen LogP contribution is -2.48. The first-order chi connectivity index (χ1) is 9.24. The van der Waals surface area contributed by atoms with E-state index >= 15 is 0 Å². The van der Waals surface area contributed by atoms with Gasteiger partial charge in [-0.15, -0.1) is 0 Å². The minimum atomic E-state index is 0.00640. The predicted octanol–water partition coefficient (Wildman–Crippen LogP) is 2.01. The predicted molar refractivity (Wildman–Crippen MR) is 75.6 cm³/mol. The Balaban J connectivity index is 1.83. The fraction of sp³-hybridized carbons (Fsp3) is 0.600. The van der Waals surface area contributed by atoms with Crippen molar-refractivity contribution < 1.29 is 4.79 Å². The second-order valence-electron chi connectivity index (χ2n) is 5.37. The van der Waals surface area contributed by atoms with Crippen molar-refractivity contribution in [2.75, 3.05) is 7.05 Å². The van der Waals surface area contributed by atoms with Gasteiger partial charge in [-0.05, 0) is 32.0 Å². The summed E-state index contributed by atoms with van der Waals surface area (Å²) in [5, 5.41) is 6.33. The largest absolute Gasteiger partial charge is 0.350 e. The van der Waals surface area contributed by atoms with Crippen LogP contribution in [0.15, 0.2) is 24.4 Å². The molecule has 4 heteroatoms. The van der Waals surface area contributed by atoms with Crippen LogP contribution in [0.4, 0.5) is 0 Å². The summed E-state index contributed by atoms with van der Waals surface area (Å²) in [7, 11) is 1.97. The van der Waals surface area contributed by atoms with Gasteiger partial charge in [0.15, 0.2) is 0 Å². The van der Waals surface area contributed by atoms with Gasteiger partial charge in [0.05, 0.1) is 12.2 Å². The molecule has 2 N–H and O–H groups in total. The number of carbonyl (C=O) groups is 1. The number of nitrogens with zero attached hydrogens (tertiary/aromatic N) is 1. The molecule has 1 aromatic heterocycles. The Labute approximate surface area is 115 Å². The summed E-state index contributed by atoms with van der Waals surface area (Å²) in [4.78, 5) is 16.3. The Bertz CT molecular complexity index is 399. The van der Waals surface area contributed by atoms with Crippen molar-refractivity contribution >= 4 is 5.91 Å². The third-order valence-electron chi connectivity index (χ3n) is 4.03. The first-order valence-corrected chi connectivity index (χ1v) is 7.10. The van der Waals surface area contributed by atoms with Crippen molar-refractivity contribution in [2.24, 2.45) is 0 Å². The third kappa shape index (κ3) is 4.03. The average molecular weight is 261 g/mol. The Morgan fingerprint density at radius 2 is 2.11 bits per heavy atom. The molecular formula is C15H23N3O. The van der Waals surface area contributed by atoms with E-state index in [1.807, 2.05) is 25.2 Å². The van der Waals surface area contributed by atoms with Gasteiger partial charge in [0, 0.05) is 18.2 Å². The molecule has 0 radical (unpaired) electrons. The second-order valence-corrected chi connectivity index (χ2v) is 5.37. The molecule has 2 rings (SSSR count). The summed E-state index contributed by atoms with van der Waals surface area (Å²) in [6.07, 6.45) is 8.23. The van der Waals surface area contributed by atoms with Gasteiger partial charge >= 0.3 is 0 Å². The van der Waals surface area contributed by atoms with Gasteiger partial charge < -0.3 is 10.6 Å². The molecule has 1 saturated carbocycles. The standard InChI is InChI=1S/C15H23N3O/c1-16-15(8-4-2-5-9-15)11-14(19)18-12-13-7-3-6-10-17-13/h3,6-7,10,16H,2,4-5,8-9,11-12H2,1H3,(H,18,19). The topological polar surface area (TPSA) is 54.0 Å². The van der Waals surface area contributed by atoms with E-state index in [0.717, 1.165) is 18.5 Å². The van der Waals surface area contributed by atoms with Gasteiger partial charge in [-0.25, -0.2) is 0 Å². The molecule has 0 spiro atoms. The monoisotopic (exact) mass is 261 g/mol. The smallest absolute Gasteiger partial charge is 0.222 e. The van der Waals surface area contributed by atoms with E-state index in [2.05, 4.69) is 15.6 Å². The Morgan fingerprint density at radius 1 is 1.32 bits per heavy atom. The molecule has 1 aliphatic carbocycles. The molecule has 0 bridgehead atoms. The molecule has 4 nitrogen and oxygen atoms in total. The number of rotatable bonds is 5. The summed E-state index contributed by atoms with van der Waals surface area (Å²) in [5.74, 6) is 0.113. The molecule has 1 aliphatic rings. The van der Waals surface area contributed by atoms with Gasteiger partial charge in [0.2, 0.25) is 5.91 Å². The van der Waals surface area contributed by atoms with E-state index in [1.54, 1.807) is 6.20 Å². The summed E-state index contributed by atoms with van der Waals surface area (Å²) in [6.45, 7) is 0.513. The van der Waals surface area contributed by atoms with Crippen molar-refractivity contribution in [1.29, 1.82) is 0 Å². The van der Waals surface area contributed by atoms with Crippen LogP contribution in [0.2, 0.25) is 0 Å². The van der Waals surface area contributed by atoms with E-state index in [9.17, 15) is 4.79 Å². The zero-order valence-corrected chi connectivity index (χ0v) is 11.6. The van der Waals surface area contributed by atoms with E-state index < -0.39 is 0 Å². The summed E-state index contributed by atoms with van der Waals surface area (Å²) in [5.41, 5.74) is 0.907. The molecule has 1 aromatic rings. The van der Waals surface area contributed by atoms with Crippen LogP contribution < -0.4 is 10.6 Å². The van der Waals surface area contributed by atoms with Crippen molar-refractivity contribution in [3.63, 3.8) is 0 Å². The molecule has 0 atom stereocenters. The first kappa shape index (κ1) is 14.0. The van der Waals surface area contributed by atoms with Crippen LogP contribution in [0.1, 0.15) is 44.2 Å². The molecule has 0 saturated heterocycles. The summed E-state index contributed by atoms with van der Waals surface area (Å²) < 4.78 is 0. The zero-order chi connectivity index (χ0) is 13.6. The third-order valence-corrected chi connectivity index (χ3v) is 4.03. The summed E-state index contributed by atoms with van der Waals surface area (Å²) >= 11 is 0. The molecule has 0 unspecified atom stereocenters. The van der Waals surface area contributed by atoms with Gasteiger partial charge in [-0.2, -0.15) is 0 Å². The molecular weight excluding hydrogens is 238 g/mol. The molecule has 1 heterocycles. The maximum absolute atomic E-state index is 12.1. The van der Waals surface area contributed by atoms with Crippen LogP contribution in [0.3, 0.4) is 0 Å². The summed E-state index contributed by atoms with van der Waals surface area (Å²) in [6, 6.07) is 5.74. The number of aromatic nitrogens is 1. The number of nitrogens with one attached hydrogen (secondary N) is 2. The second kappa shape index (κ2) is 6.66. The lowest BCUT2D eigenvalue weighted by atomic mass is 9.79. The van der Waals surface area contributed by atoms with Crippen molar-refractivity contribution in [3.05, 3.63) is 30.1 Å². The van der Waals surface area contributed by atoms with Crippen LogP contribution in [0.5, 0.6) is 0 Å². The van der Waals surface area contributed by atoms with Crippen molar-refractivity contribution in [3.8, 4) is 0 Å². The van der Waals surface area contributed by atoms with Crippen LogP contribution in [0, 0.1) is 0 Å². The van der Waals surface area contributed by atoms with E-state index in [1.165, 1.54) is 19.3 Å². The molecule has 0 aliphatic heterocycles. The minimum absolute atomic E-state index is 0.00640. The highest BCUT2D eigenvalue weighted by Gasteiger charge is 2.32. The molecule has 1 amide bonds. The Hall–Kier alpha value is -1.42. The van der Waals surface area contributed by atoms with Crippen LogP contribution >= 0.6 is 0 Å². The highest BCUT2D eigenvalue weighted by Crippen LogP contribution is 2.30. The van der Waals surface area contributed by atoms with Gasteiger partial charge in [0.1, 0.15) is 0 Å². The lowest BCUT2D eigenvalue weighted by Gasteiger charge is -2.36. The number of carbonyl (C=O) groups excluding carboxylic acids is 1. The fourth-order valence-corrected chi connectivity index (χ4v) is 2.81. The average Bonchev–Trinajstić information content (AvgIpc) is 2.47. The van der Waals surface area contributed by atoms with E-state index in [-0.39, 0.29) is 11.4 Å². The van der Waals surface area contributed by atoms with Crippen LogP contribution in [-0.4, -0.2) is 23.5 Å². The molecule has 0 aromatic carbocycles. The maximum atomic E-state index is 12.1. The van der Waals surface area contributed by atoms with Crippen molar-refractivity contribution in [2.45, 2.75) is 50.6 Å². The van der Waals surface area contributed by atoms with Crippen LogP contribution in [0.25, 0.3) is 0 Å². The Kier molecular flexibility index (Phi) is 4.91. The quantitative estimate of drug-likeness (QED) is 0.852. The molecule has 1 fully saturated rings. The van der Waals surface area contributed by atoms with E-state index in [0.29, 0.717) is 13.0 Å². The maximum Gasteiger partial charge on any atom is 0.222 e. The van der Waals surface area contributed by atoms with Crippen molar-refractivity contribution in [1.82, 2.24) is 15.6 Å². The number of hydrogen-bond donors (Lipinski definition) is 2. The van der Waals surface area contributed by atoms with Gasteiger partial charge in [-0.1, -0.05) is 25.3 Å². The zero-order valence-electron chi connectivity index (χ0n) is 11.6. The number of pyridine rings is 1. The van der Waals surface area contributed by atoms with Gasteiger partial charge in [0.25, 0.3) is 0 Å². The normalized spacial score (nSPS) is 17.9. The molecule has 19 heavy (non-hydrogen) atoms. The first-order valence-electron chi connectivity index (χ1n) is 7.10. The lowest BCUT2D eigenvalue weighted by molar-refractivity contribution is -0.123. The van der Waals surface area contributed by atoms with Gasteiger partial charge in [-0.3, -0.25) is 9.78 Å². The van der Waals surface area contributed by atoms with Crippen LogP contribution in [-0.2, 0) is 11.3 Å². The highest BCUT2D eigenvalue weighted by atomic mass is 16.1. The number of hydrogen-bond acceptors (Lipinski definition) is 3. The fourth-order valence-electron chi connectivity index (χ4n) is 2.81. The molecule has 104 valence electrons.